The highest BCUT2D eigenvalue weighted by Crippen LogP contribution is 2.28. The fraction of sp³-hybridized carbons (Fsp3) is 0.200. The predicted octanol–water partition coefficient (Wildman–Crippen LogP) is 2.51. The molecule has 0 aliphatic rings. The molecule has 2 rings (SSSR count). The predicted molar refractivity (Wildman–Crippen MR) is 59.8 cm³/mol. The van der Waals surface area contributed by atoms with Crippen molar-refractivity contribution in [3.05, 3.63) is 28.4 Å². The summed E-state index contributed by atoms with van der Waals surface area (Å²) in [6.45, 7) is 1.65. The Kier molecular flexibility index (Phi) is 2.48. The Bertz CT molecular complexity index is 521. The number of benzene rings is 1. The number of aromatic nitrogens is 2. The van der Waals surface area contributed by atoms with Gasteiger partial charge in [-0.15, -0.1) is 0 Å². The van der Waals surface area contributed by atoms with E-state index in [2.05, 4.69) is 26.1 Å². The molecule has 0 saturated heterocycles. The SMILES string of the molecule is CC(C(=O)O)c1cccc2c(Br)[nH]nc12. The standard InChI is InChI=1S/C10H9BrN2O2/c1-5(10(14)15)6-3-2-4-7-8(6)12-13-9(7)11/h2-5H,1H3,(H,12,13)(H,14,15). The normalized spacial score (nSPS) is 12.9. The largest absolute Gasteiger partial charge is 0.481 e. The molecule has 0 spiro atoms. The molecule has 0 aliphatic carbocycles. The number of hydrogen-bond acceptors (Lipinski definition) is 2. The van der Waals surface area contributed by atoms with Gasteiger partial charge in [0.15, 0.2) is 0 Å². The van der Waals surface area contributed by atoms with Crippen LogP contribution >= 0.6 is 15.9 Å². The van der Waals surface area contributed by atoms with Crippen LogP contribution in [0.3, 0.4) is 0 Å². The van der Waals surface area contributed by atoms with Crippen molar-refractivity contribution >= 4 is 32.8 Å². The Morgan fingerprint density at radius 2 is 2.33 bits per heavy atom. The lowest BCUT2D eigenvalue weighted by atomic mass is 9.99. The van der Waals surface area contributed by atoms with Gasteiger partial charge in [-0.2, -0.15) is 5.10 Å². The Morgan fingerprint density at radius 1 is 1.60 bits per heavy atom. The second-order valence-corrected chi connectivity index (χ2v) is 4.13. The average molecular weight is 269 g/mol. The summed E-state index contributed by atoms with van der Waals surface area (Å²) < 4.78 is 0.775. The van der Waals surface area contributed by atoms with Crippen molar-refractivity contribution in [1.29, 1.82) is 0 Å². The Morgan fingerprint density at radius 3 is 3.00 bits per heavy atom. The molecular weight excluding hydrogens is 260 g/mol. The van der Waals surface area contributed by atoms with Gasteiger partial charge in [0.2, 0.25) is 0 Å². The molecule has 1 aromatic carbocycles. The lowest BCUT2D eigenvalue weighted by molar-refractivity contribution is -0.138. The molecule has 1 unspecified atom stereocenters. The van der Waals surface area contributed by atoms with E-state index in [0.29, 0.717) is 5.52 Å². The molecule has 5 heteroatoms. The van der Waals surface area contributed by atoms with Crippen LogP contribution in [-0.2, 0) is 4.79 Å². The molecule has 0 radical (unpaired) electrons. The number of nitrogens with one attached hydrogen (secondary N) is 1. The summed E-state index contributed by atoms with van der Waals surface area (Å²) in [5.41, 5.74) is 1.43. The Balaban J connectivity index is 2.66. The maximum Gasteiger partial charge on any atom is 0.310 e. The zero-order chi connectivity index (χ0) is 11.0. The lowest BCUT2D eigenvalue weighted by Crippen LogP contribution is -2.07. The lowest BCUT2D eigenvalue weighted by Gasteiger charge is -2.06. The summed E-state index contributed by atoms with van der Waals surface area (Å²) in [6, 6.07) is 5.51. The molecular formula is C10H9BrN2O2. The number of nitrogens with zero attached hydrogens (tertiary/aromatic N) is 1. The van der Waals surface area contributed by atoms with Crippen LogP contribution < -0.4 is 0 Å². The summed E-state index contributed by atoms with van der Waals surface area (Å²) in [5.74, 6) is -1.40. The molecule has 0 aliphatic heterocycles. The summed E-state index contributed by atoms with van der Waals surface area (Å²) >= 11 is 3.32. The van der Waals surface area contributed by atoms with Crippen molar-refractivity contribution in [3.63, 3.8) is 0 Å². The summed E-state index contributed by atoms with van der Waals surface area (Å²) in [7, 11) is 0. The van der Waals surface area contributed by atoms with Crippen molar-refractivity contribution in [1.82, 2.24) is 10.2 Å². The van der Waals surface area contributed by atoms with E-state index in [4.69, 9.17) is 5.11 Å². The Hall–Kier alpha value is -1.36. The smallest absolute Gasteiger partial charge is 0.310 e. The van der Waals surface area contributed by atoms with Crippen molar-refractivity contribution in [2.75, 3.05) is 0 Å². The number of halogens is 1. The number of carbonyl (C=O) groups is 1. The quantitative estimate of drug-likeness (QED) is 0.880. The topological polar surface area (TPSA) is 66.0 Å². The number of aromatic amines is 1. The highest BCUT2D eigenvalue weighted by Gasteiger charge is 2.18. The van der Waals surface area contributed by atoms with Gasteiger partial charge in [-0.05, 0) is 28.4 Å². The second-order valence-electron chi connectivity index (χ2n) is 3.34. The van der Waals surface area contributed by atoms with E-state index in [1.165, 1.54) is 0 Å². The Labute approximate surface area is 94.4 Å². The maximum absolute atomic E-state index is 10.9. The van der Waals surface area contributed by atoms with Gasteiger partial charge >= 0.3 is 5.97 Å². The molecule has 0 amide bonds. The number of aliphatic carboxylic acids is 1. The van der Waals surface area contributed by atoms with E-state index in [1.807, 2.05) is 12.1 Å². The molecule has 78 valence electrons. The molecule has 2 N–H and O–H groups in total. The highest BCUT2D eigenvalue weighted by molar-refractivity contribution is 9.10. The van der Waals surface area contributed by atoms with Crippen LogP contribution in [0.1, 0.15) is 18.4 Å². The van der Waals surface area contributed by atoms with Crippen molar-refractivity contribution < 1.29 is 9.90 Å². The van der Waals surface area contributed by atoms with Gasteiger partial charge < -0.3 is 5.11 Å². The minimum absolute atomic E-state index is 0.552. The number of hydrogen-bond donors (Lipinski definition) is 2. The van der Waals surface area contributed by atoms with E-state index in [9.17, 15) is 4.79 Å². The number of carboxylic acids is 1. The first-order chi connectivity index (χ1) is 7.11. The van der Waals surface area contributed by atoms with Crippen LogP contribution in [0.15, 0.2) is 22.8 Å². The van der Waals surface area contributed by atoms with E-state index < -0.39 is 11.9 Å². The zero-order valence-electron chi connectivity index (χ0n) is 7.99. The third-order valence-corrected chi connectivity index (χ3v) is 3.01. The number of H-pyrrole nitrogens is 1. The second kappa shape index (κ2) is 3.66. The van der Waals surface area contributed by atoms with Crippen LogP contribution in [0.2, 0.25) is 0 Å². The first kappa shape index (κ1) is 10.2. The van der Waals surface area contributed by atoms with Crippen molar-refractivity contribution in [3.8, 4) is 0 Å². The van der Waals surface area contributed by atoms with E-state index in [1.54, 1.807) is 13.0 Å². The van der Waals surface area contributed by atoms with Crippen molar-refractivity contribution in [2.45, 2.75) is 12.8 Å². The molecule has 15 heavy (non-hydrogen) atoms. The van der Waals surface area contributed by atoms with Gasteiger partial charge in [0.05, 0.1) is 11.4 Å². The van der Waals surface area contributed by atoms with Gasteiger partial charge in [0, 0.05) is 5.39 Å². The number of rotatable bonds is 2. The molecule has 0 fully saturated rings. The maximum atomic E-state index is 10.9. The fourth-order valence-electron chi connectivity index (χ4n) is 1.51. The minimum Gasteiger partial charge on any atom is -0.481 e. The van der Waals surface area contributed by atoms with E-state index in [0.717, 1.165) is 15.6 Å². The van der Waals surface area contributed by atoms with Gasteiger partial charge in [-0.1, -0.05) is 18.2 Å². The monoisotopic (exact) mass is 268 g/mol. The molecule has 0 bridgehead atoms. The average Bonchev–Trinajstić information content (AvgIpc) is 2.59. The van der Waals surface area contributed by atoms with Gasteiger partial charge in [0.25, 0.3) is 0 Å². The molecule has 1 aromatic heterocycles. The third-order valence-electron chi connectivity index (χ3n) is 2.41. The van der Waals surface area contributed by atoms with Crippen LogP contribution in [0.4, 0.5) is 0 Å². The molecule has 1 atom stereocenters. The molecule has 1 heterocycles. The number of fused-ring (bicyclic) bond motifs is 1. The van der Waals surface area contributed by atoms with Crippen LogP contribution in [-0.4, -0.2) is 21.3 Å². The summed E-state index contributed by atoms with van der Waals surface area (Å²) in [4.78, 5) is 10.9. The summed E-state index contributed by atoms with van der Waals surface area (Å²) in [5, 5.41) is 16.7. The van der Waals surface area contributed by atoms with Crippen LogP contribution in [0.25, 0.3) is 10.9 Å². The third kappa shape index (κ3) is 1.63. The minimum atomic E-state index is -0.846. The van der Waals surface area contributed by atoms with Crippen molar-refractivity contribution in [2.24, 2.45) is 0 Å². The van der Waals surface area contributed by atoms with E-state index in [-0.39, 0.29) is 0 Å². The van der Waals surface area contributed by atoms with Crippen LogP contribution in [0, 0.1) is 0 Å². The summed E-state index contributed by atoms with van der Waals surface area (Å²) in [6.07, 6.45) is 0. The van der Waals surface area contributed by atoms with Gasteiger partial charge in [0.1, 0.15) is 4.60 Å². The first-order valence-electron chi connectivity index (χ1n) is 4.46. The molecule has 0 saturated carbocycles. The number of para-hydroxylation sites is 1. The van der Waals surface area contributed by atoms with Gasteiger partial charge in [-0.25, -0.2) is 0 Å². The molecule has 2 aromatic rings. The zero-order valence-corrected chi connectivity index (χ0v) is 9.58. The first-order valence-corrected chi connectivity index (χ1v) is 5.26. The van der Waals surface area contributed by atoms with Crippen LogP contribution in [0.5, 0.6) is 0 Å². The highest BCUT2D eigenvalue weighted by atomic mass is 79.9. The van der Waals surface area contributed by atoms with Gasteiger partial charge in [-0.3, -0.25) is 9.89 Å². The molecule has 4 nitrogen and oxygen atoms in total. The van der Waals surface area contributed by atoms with E-state index >= 15 is 0 Å². The fourth-order valence-corrected chi connectivity index (χ4v) is 1.92. The number of carboxylic acid groups (broad SMARTS) is 1.